The van der Waals surface area contributed by atoms with Crippen molar-refractivity contribution in [2.45, 2.75) is 47.1 Å². The van der Waals surface area contributed by atoms with E-state index in [1.54, 1.807) is 0 Å². The Morgan fingerprint density at radius 3 is 2.12 bits per heavy atom. The van der Waals surface area contributed by atoms with Crippen molar-refractivity contribution in [2.24, 2.45) is 11.3 Å². The summed E-state index contributed by atoms with van der Waals surface area (Å²) in [5, 5.41) is 2.74. The normalized spacial score (nSPS) is 15.1. The van der Waals surface area contributed by atoms with Crippen LogP contribution in [0, 0.1) is 11.3 Å². The lowest BCUT2D eigenvalue weighted by atomic mass is 9.93. The number of rotatable bonds is 4. The molecule has 0 fully saturated rings. The lowest BCUT2D eigenvalue weighted by Crippen LogP contribution is -2.49. The Kier molecular flexibility index (Phi) is 5.48. The van der Waals surface area contributed by atoms with Crippen molar-refractivity contribution in [1.29, 1.82) is 0 Å². The SMILES string of the molecule is CC[C@H](C)[C@H](NC(=O)C(C)(C)C)C(=O)OC. The van der Waals surface area contributed by atoms with E-state index in [1.807, 2.05) is 34.6 Å². The number of carbonyl (C=O) groups excluding carboxylic acids is 2. The molecule has 0 spiro atoms. The maximum Gasteiger partial charge on any atom is 0.328 e. The molecule has 0 aromatic carbocycles. The minimum Gasteiger partial charge on any atom is -0.467 e. The lowest BCUT2D eigenvalue weighted by Gasteiger charge is -2.26. The molecule has 0 heterocycles. The van der Waals surface area contributed by atoms with Gasteiger partial charge >= 0.3 is 5.97 Å². The van der Waals surface area contributed by atoms with Gasteiger partial charge in [0.05, 0.1) is 7.11 Å². The molecule has 4 nitrogen and oxygen atoms in total. The smallest absolute Gasteiger partial charge is 0.328 e. The van der Waals surface area contributed by atoms with Gasteiger partial charge in [0.1, 0.15) is 6.04 Å². The Morgan fingerprint density at radius 1 is 1.31 bits per heavy atom. The molecule has 16 heavy (non-hydrogen) atoms. The number of amides is 1. The highest BCUT2D eigenvalue weighted by Crippen LogP contribution is 2.16. The Morgan fingerprint density at radius 2 is 1.81 bits per heavy atom. The molecule has 0 bridgehead atoms. The average molecular weight is 229 g/mol. The van der Waals surface area contributed by atoms with Crippen LogP contribution >= 0.6 is 0 Å². The third-order valence-electron chi connectivity index (χ3n) is 2.64. The highest BCUT2D eigenvalue weighted by Gasteiger charge is 2.30. The van der Waals surface area contributed by atoms with E-state index < -0.39 is 11.5 Å². The van der Waals surface area contributed by atoms with Crippen LogP contribution in [0.1, 0.15) is 41.0 Å². The van der Waals surface area contributed by atoms with Crippen LogP contribution in [0.5, 0.6) is 0 Å². The zero-order valence-electron chi connectivity index (χ0n) is 11.1. The van der Waals surface area contributed by atoms with E-state index in [1.165, 1.54) is 7.11 Å². The molecule has 0 aromatic rings. The van der Waals surface area contributed by atoms with Crippen LogP contribution in [-0.2, 0) is 14.3 Å². The summed E-state index contributed by atoms with van der Waals surface area (Å²) < 4.78 is 4.70. The number of esters is 1. The summed E-state index contributed by atoms with van der Waals surface area (Å²) in [6, 6.07) is -0.554. The topological polar surface area (TPSA) is 55.4 Å². The van der Waals surface area contributed by atoms with Crippen molar-refractivity contribution in [3.8, 4) is 0 Å². The molecule has 0 aromatic heterocycles. The molecule has 0 saturated carbocycles. The molecule has 2 atom stereocenters. The highest BCUT2D eigenvalue weighted by molar-refractivity contribution is 5.87. The van der Waals surface area contributed by atoms with Gasteiger partial charge in [-0.05, 0) is 5.92 Å². The zero-order chi connectivity index (χ0) is 12.9. The van der Waals surface area contributed by atoms with E-state index in [0.29, 0.717) is 0 Å². The molecule has 0 aliphatic carbocycles. The van der Waals surface area contributed by atoms with E-state index in [9.17, 15) is 9.59 Å². The second kappa shape index (κ2) is 5.87. The van der Waals surface area contributed by atoms with E-state index >= 15 is 0 Å². The number of hydrogen-bond donors (Lipinski definition) is 1. The summed E-state index contributed by atoms with van der Waals surface area (Å²) in [7, 11) is 1.33. The van der Waals surface area contributed by atoms with E-state index in [4.69, 9.17) is 4.74 Å². The molecule has 0 radical (unpaired) electrons. The maximum atomic E-state index is 11.8. The van der Waals surface area contributed by atoms with Crippen molar-refractivity contribution in [3.63, 3.8) is 0 Å². The summed E-state index contributed by atoms with van der Waals surface area (Å²) in [5.41, 5.74) is -0.500. The molecule has 1 N–H and O–H groups in total. The van der Waals surface area contributed by atoms with Gasteiger partial charge in [-0.25, -0.2) is 4.79 Å². The van der Waals surface area contributed by atoms with Gasteiger partial charge in [0.25, 0.3) is 0 Å². The monoisotopic (exact) mass is 229 g/mol. The van der Waals surface area contributed by atoms with Gasteiger partial charge in [0.15, 0.2) is 0 Å². The quantitative estimate of drug-likeness (QED) is 0.747. The second-order valence-electron chi connectivity index (χ2n) is 5.11. The summed E-state index contributed by atoms with van der Waals surface area (Å²) in [4.78, 5) is 23.3. The van der Waals surface area contributed by atoms with Crippen LogP contribution < -0.4 is 5.32 Å². The fourth-order valence-corrected chi connectivity index (χ4v) is 1.15. The Labute approximate surface area is 97.7 Å². The average Bonchev–Trinajstić information content (AvgIpc) is 2.21. The minimum absolute atomic E-state index is 0.0683. The van der Waals surface area contributed by atoms with Gasteiger partial charge in [-0.15, -0.1) is 0 Å². The van der Waals surface area contributed by atoms with Crippen LogP contribution in [0.3, 0.4) is 0 Å². The summed E-state index contributed by atoms with van der Waals surface area (Å²) in [6.45, 7) is 9.34. The fourth-order valence-electron chi connectivity index (χ4n) is 1.15. The molecular weight excluding hydrogens is 206 g/mol. The number of hydrogen-bond acceptors (Lipinski definition) is 3. The predicted molar refractivity (Wildman–Crippen MR) is 62.9 cm³/mol. The first-order chi connectivity index (χ1) is 7.23. The minimum atomic E-state index is -0.554. The molecule has 1 amide bonds. The standard InChI is InChI=1S/C12H23NO3/c1-7-8(2)9(10(14)16-6)13-11(15)12(3,4)5/h8-9H,7H2,1-6H3,(H,13,15)/t8-,9-/m0/s1. The summed E-state index contributed by atoms with van der Waals surface area (Å²) in [5.74, 6) is -0.450. The third kappa shape index (κ3) is 4.21. The predicted octanol–water partition coefficient (Wildman–Crippen LogP) is 1.74. The molecule has 0 aliphatic rings. The van der Waals surface area contributed by atoms with Crippen LogP contribution in [0.4, 0.5) is 0 Å². The summed E-state index contributed by atoms with van der Waals surface area (Å²) >= 11 is 0. The molecular formula is C12H23NO3. The van der Waals surface area contributed by atoms with Crippen LogP contribution in [-0.4, -0.2) is 25.0 Å². The van der Waals surface area contributed by atoms with Gasteiger partial charge in [-0.3, -0.25) is 4.79 Å². The largest absolute Gasteiger partial charge is 0.467 e. The van der Waals surface area contributed by atoms with Crippen molar-refractivity contribution < 1.29 is 14.3 Å². The Hall–Kier alpha value is -1.06. The number of ether oxygens (including phenoxy) is 1. The molecule has 0 saturated heterocycles. The number of nitrogens with one attached hydrogen (secondary N) is 1. The first kappa shape index (κ1) is 14.9. The van der Waals surface area contributed by atoms with Crippen molar-refractivity contribution in [2.75, 3.05) is 7.11 Å². The molecule has 4 heteroatoms. The Bertz CT molecular complexity index is 255. The molecule has 0 aliphatic heterocycles. The number of carbonyl (C=O) groups is 2. The lowest BCUT2D eigenvalue weighted by molar-refractivity contribution is -0.147. The molecule has 0 rings (SSSR count). The van der Waals surface area contributed by atoms with Crippen LogP contribution in [0.25, 0.3) is 0 Å². The van der Waals surface area contributed by atoms with Gasteiger partial charge < -0.3 is 10.1 Å². The molecule has 0 unspecified atom stereocenters. The van der Waals surface area contributed by atoms with Crippen molar-refractivity contribution in [3.05, 3.63) is 0 Å². The van der Waals surface area contributed by atoms with Gasteiger partial charge in [0.2, 0.25) is 5.91 Å². The number of methoxy groups -OCH3 is 1. The third-order valence-corrected chi connectivity index (χ3v) is 2.64. The maximum absolute atomic E-state index is 11.8. The van der Waals surface area contributed by atoms with Gasteiger partial charge in [0, 0.05) is 5.41 Å². The van der Waals surface area contributed by atoms with E-state index in [0.717, 1.165) is 6.42 Å². The molecule has 94 valence electrons. The first-order valence-corrected chi connectivity index (χ1v) is 5.62. The van der Waals surface area contributed by atoms with Crippen molar-refractivity contribution >= 4 is 11.9 Å². The second-order valence-corrected chi connectivity index (χ2v) is 5.11. The zero-order valence-corrected chi connectivity index (χ0v) is 11.1. The van der Waals surface area contributed by atoms with Crippen molar-refractivity contribution in [1.82, 2.24) is 5.32 Å². The summed E-state index contributed by atoms with van der Waals surface area (Å²) in [6.07, 6.45) is 0.810. The van der Waals surface area contributed by atoms with Gasteiger partial charge in [-0.1, -0.05) is 41.0 Å². The van der Waals surface area contributed by atoms with E-state index in [2.05, 4.69) is 5.32 Å². The van der Waals surface area contributed by atoms with Gasteiger partial charge in [-0.2, -0.15) is 0 Å². The fraction of sp³-hybridized carbons (Fsp3) is 0.833. The van der Waals surface area contributed by atoms with E-state index in [-0.39, 0.29) is 17.8 Å². The van der Waals surface area contributed by atoms with Crippen LogP contribution in [0.15, 0.2) is 0 Å². The first-order valence-electron chi connectivity index (χ1n) is 5.62. The van der Waals surface area contributed by atoms with Crippen LogP contribution in [0.2, 0.25) is 0 Å². The Balaban J connectivity index is 4.69. The highest BCUT2D eigenvalue weighted by atomic mass is 16.5.